The summed E-state index contributed by atoms with van der Waals surface area (Å²) >= 11 is 0. The summed E-state index contributed by atoms with van der Waals surface area (Å²) < 4.78 is 13.1. The van der Waals surface area contributed by atoms with E-state index < -0.39 is 0 Å². The van der Waals surface area contributed by atoms with Crippen molar-refractivity contribution in [3.63, 3.8) is 0 Å². The molecule has 3 heterocycles. The highest BCUT2D eigenvalue weighted by atomic mass is 16.5. The van der Waals surface area contributed by atoms with Gasteiger partial charge in [0.1, 0.15) is 23.2 Å². The lowest BCUT2D eigenvalue weighted by molar-refractivity contribution is 0.0768. The highest BCUT2D eigenvalue weighted by molar-refractivity contribution is 5.83. The molecule has 7 heteroatoms. The molecular weight excluding hydrogens is 404 g/mol. The van der Waals surface area contributed by atoms with Crippen molar-refractivity contribution >= 4 is 10.9 Å². The molecule has 1 aromatic carbocycles. The number of nitrogens with zero attached hydrogens (tertiary/aromatic N) is 4. The molecule has 0 atom stereocenters. The van der Waals surface area contributed by atoms with Crippen molar-refractivity contribution in [2.75, 3.05) is 20.2 Å². The van der Waals surface area contributed by atoms with E-state index in [1.165, 1.54) is 32.8 Å². The molecule has 0 amide bonds. The van der Waals surface area contributed by atoms with Gasteiger partial charge in [-0.15, -0.1) is 0 Å². The van der Waals surface area contributed by atoms with Crippen LogP contribution in [0.15, 0.2) is 41.3 Å². The topological polar surface area (TPSA) is 69.5 Å². The Morgan fingerprint density at radius 2 is 1.72 bits per heavy atom. The molecule has 1 aliphatic carbocycles. The SMILES string of the molecule is COc1nccc2c(=O)n(C)c(-c3ccc(OC4CCN(C5CCCC5)CC4)cc3)nc12. The van der Waals surface area contributed by atoms with Crippen LogP contribution in [0.5, 0.6) is 11.6 Å². The predicted octanol–water partition coefficient (Wildman–Crippen LogP) is 3.79. The molecule has 0 radical (unpaired) electrons. The molecule has 1 saturated heterocycles. The maximum absolute atomic E-state index is 12.9. The molecule has 0 unspecified atom stereocenters. The summed E-state index contributed by atoms with van der Waals surface area (Å²) in [5, 5.41) is 0.493. The van der Waals surface area contributed by atoms with E-state index in [4.69, 9.17) is 14.5 Å². The van der Waals surface area contributed by atoms with Gasteiger partial charge in [-0.2, -0.15) is 0 Å². The van der Waals surface area contributed by atoms with E-state index in [0.29, 0.717) is 22.6 Å². The van der Waals surface area contributed by atoms with E-state index in [0.717, 1.165) is 43.3 Å². The minimum Gasteiger partial charge on any atom is -0.490 e. The van der Waals surface area contributed by atoms with Crippen LogP contribution in [0.1, 0.15) is 38.5 Å². The van der Waals surface area contributed by atoms with Gasteiger partial charge >= 0.3 is 0 Å². The number of hydrogen-bond donors (Lipinski definition) is 0. The first kappa shape index (κ1) is 20.9. The summed E-state index contributed by atoms with van der Waals surface area (Å²) in [6.45, 7) is 2.26. The number of rotatable bonds is 5. The summed E-state index contributed by atoms with van der Waals surface area (Å²) in [6.07, 6.45) is 9.46. The average Bonchev–Trinajstić information content (AvgIpc) is 3.37. The van der Waals surface area contributed by atoms with Crippen LogP contribution in [0.25, 0.3) is 22.3 Å². The van der Waals surface area contributed by atoms with Crippen LogP contribution >= 0.6 is 0 Å². The van der Waals surface area contributed by atoms with E-state index in [-0.39, 0.29) is 11.7 Å². The fourth-order valence-electron chi connectivity index (χ4n) is 5.08. The zero-order valence-electron chi connectivity index (χ0n) is 18.8. The van der Waals surface area contributed by atoms with Crippen molar-refractivity contribution in [3.8, 4) is 23.0 Å². The minimum absolute atomic E-state index is 0.125. The summed E-state index contributed by atoms with van der Waals surface area (Å²) in [5.41, 5.74) is 1.20. The first-order valence-corrected chi connectivity index (χ1v) is 11.5. The van der Waals surface area contributed by atoms with Crippen LogP contribution in [0.2, 0.25) is 0 Å². The van der Waals surface area contributed by atoms with Gasteiger partial charge in [0.05, 0.1) is 12.5 Å². The maximum Gasteiger partial charge on any atom is 0.261 e. The number of benzene rings is 1. The van der Waals surface area contributed by atoms with Gasteiger partial charge in [0.2, 0.25) is 5.88 Å². The highest BCUT2D eigenvalue weighted by Crippen LogP contribution is 2.29. The standard InChI is InChI=1S/C25H30N4O3/c1-28-23(27-22-21(25(28)30)11-14-26-24(22)31-2)17-7-9-19(10-8-17)32-20-12-15-29(16-13-20)18-5-3-4-6-18/h7-11,14,18,20H,3-6,12-13,15-16H2,1-2H3. The third-order valence-corrected chi connectivity index (χ3v) is 6.89. The second-order valence-corrected chi connectivity index (χ2v) is 8.83. The van der Waals surface area contributed by atoms with Crippen molar-refractivity contribution in [2.45, 2.75) is 50.7 Å². The number of ether oxygens (including phenoxy) is 2. The van der Waals surface area contributed by atoms with E-state index in [1.54, 1.807) is 23.9 Å². The summed E-state index contributed by atoms with van der Waals surface area (Å²) in [4.78, 5) is 24.4. The van der Waals surface area contributed by atoms with Crippen molar-refractivity contribution in [1.82, 2.24) is 19.4 Å². The van der Waals surface area contributed by atoms with Gasteiger partial charge in [-0.1, -0.05) is 12.8 Å². The van der Waals surface area contributed by atoms with Crippen molar-refractivity contribution < 1.29 is 9.47 Å². The minimum atomic E-state index is -0.125. The molecular formula is C25H30N4O3. The first-order chi connectivity index (χ1) is 15.6. The van der Waals surface area contributed by atoms with E-state index in [9.17, 15) is 4.79 Å². The lowest BCUT2D eigenvalue weighted by atomic mass is 10.0. The van der Waals surface area contributed by atoms with Gasteiger partial charge in [0, 0.05) is 37.9 Å². The third-order valence-electron chi connectivity index (χ3n) is 6.89. The molecule has 0 N–H and O–H groups in total. The predicted molar refractivity (Wildman–Crippen MR) is 124 cm³/mol. The molecule has 0 bridgehead atoms. The van der Waals surface area contributed by atoms with Crippen LogP contribution in [-0.4, -0.2) is 51.8 Å². The Morgan fingerprint density at radius 1 is 1.00 bits per heavy atom. The number of hydrogen-bond acceptors (Lipinski definition) is 6. The molecule has 7 nitrogen and oxygen atoms in total. The van der Waals surface area contributed by atoms with Crippen LogP contribution in [0.4, 0.5) is 0 Å². The van der Waals surface area contributed by atoms with E-state index in [1.807, 2.05) is 24.3 Å². The molecule has 2 aromatic heterocycles. The Morgan fingerprint density at radius 3 is 2.41 bits per heavy atom. The Balaban J connectivity index is 1.31. The van der Waals surface area contributed by atoms with Gasteiger partial charge in [0.25, 0.3) is 5.56 Å². The van der Waals surface area contributed by atoms with E-state index >= 15 is 0 Å². The largest absolute Gasteiger partial charge is 0.490 e. The molecule has 3 aromatic rings. The molecule has 32 heavy (non-hydrogen) atoms. The molecule has 168 valence electrons. The fourth-order valence-corrected chi connectivity index (χ4v) is 5.08. The van der Waals surface area contributed by atoms with Gasteiger partial charge in [-0.25, -0.2) is 9.97 Å². The Bertz CT molecular complexity index is 1140. The number of aromatic nitrogens is 3. The van der Waals surface area contributed by atoms with E-state index in [2.05, 4.69) is 9.88 Å². The van der Waals surface area contributed by atoms with Gasteiger partial charge < -0.3 is 14.4 Å². The molecule has 1 aliphatic heterocycles. The molecule has 2 fully saturated rings. The first-order valence-electron chi connectivity index (χ1n) is 11.5. The molecule has 2 aliphatic rings. The second kappa shape index (κ2) is 8.90. The Kier molecular flexibility index (Phi) is 5.83. The van der Waals surface area contributed by atoms with Gasteiger partial charge in [-0.05, 0) is 56.0 Å². The monoisotopic (exact) mass is 434 g/mol. The number of pyridine rings is 1. The van der Waals surface area contributed by atoms with Crippen molar-refractivity contribution in [2.24, 2.45) is 7.05 Å². The number of fused-ring (bicyclic) bond motifs is 1. The number of likely N-dealkylation sites (tertiary alicyclic amines) is 1. The van der Waals surface area contributed by atoms with Gasteiger partial charge in [0.15, 0.2) is 0 Å². The van der Waals surface area contributed by atoms with Gasteiger partial charge in [-0.3, -0.25) is 9.36 Å². The number of methoxy groups -OCH3 is 1. The lowest BCUT2D eigenvalue weighted by Crippen LogP contribution is -2.43. The normalized spacial score (nSPS) is 18.3. The molecule has 1 saturated carbocycles. The second-order valence-electron chi connectivity index (χ2n) is 8.83. The smallest absolute Gasteiger partial charge is 0.261 e. The molecule has 0 spiro atoms. The van der Waals surface area contributed by atoms with Crippen molar-refractivity contribution in [1.29, 1.82) is 0 Å². The quantitative estimate of drug-likeness (QED) is 0.609. The van der Waals surface area contributed by atoms with Crippen LogP contribution in [0.3, 0.4) is 0 Å². The fraction of sp³-hybridized carbons (Fsp3) is 0.480. The van der Waals surface area contributed by atoms with Crippen LogP contribution in [-0.2, 0) is 7.05 Å². The number of piperidine rings is 1. The summed E-state index contributed by atoms with van der Waals surface area (Å²) in [5.74, 6) is 1.79. The summed E-state index contributed by atoms with van der Waals surface area (Å²) in [6, 6.07) is 10.3. The Labute approximate surface area is 188 Å². The van der Waals surface area contributed by atoms with Crippen LogP contribution < -0.4 is 15.0 Å². The summed E-state index contributed by atoms with van der Waals surface area (Å²) in [7, 11) is 3.27. The van der Waals surface area contributed by atoms with Crippen LogP contribution in [0, 0.1) is 0 Å². The zero-order valence-corrected chi connectivity index (χ0v) is 18.8. The average molecular weight is 435 g/mol. The lowest BCUT2D eigenvalue weighted by Gasteiger charge is -2.36. The third kappa shape index (κ3) is 3.97. The maximum atomic E-state index is 12.9. The van der Waals surface area contributed by atoms with Crippen molar-refractivity contribution in [3.05, 3.63) is 46.9 Å². The molecule has 5 rings (SSSR count). The Hall–Kier alpha value is -2.93. The zero-order chi connectivity index (χ0) is 22.1. The highest BCUT2D eigenvalue weighted by Gasteiger charge is 2.27.